The van der Waals surface area contributed by atoms with Gasteiger partial charge in [-0.15, -0.1) is 0 Å². The summed E-state index contributed by atoms with van der Waals surface area (Å²) in [5.41, 5.74) is 0. The van der Waals surface area contributed by atoms with Crippen molar-refractivity contribution in [3.63, 3.8) is 0 Å². The van der Waals surface area contributed by atoms with Crippen LogP contribution in [0.2, 0.25) is 0 Å². The minimum absolute atomic E-state index is 0.338. The molecule has 0 aliphatic rings. The first kappa shape index (κ1) is 29.7. The summed E-state index contributed by atoms with van der Waals surface area (Å²) in [7, 11) is 0. The van der Waals surface area contributed by atoms with E-state index in [2.05, 4.69) is 43.4 Å². The van der Waals surface area contributed by atoms with Crippen molar-refractivity contribution in [3.05, 3.63) is 36.5 Å². The van der Waals surface area contributed by atoms with E-state index in [4.69, 9.17) is 5.11 Å². The molecule has 0 saturated heterocycles. The first-order valence-corrected chi connectivity index (χ1v) is 13.4. The molecule has 0 bridgehead atoms. The maximum Gasteiger partial charge on any atom is 0.303 e. The number of unbranched alkanes of at least 4 members (excludes halogenated alkanes) is 16. The van der Waals surface area contributed by atoms with Crippen molar-refractivity contribution in [2.75, 3.05) is 0 Å². The molecule has 0 aliphatic heterocycles. The standard InChI is InChI=1S/C29H52O2/c1-2-3-4-5-6-7-8-9-10-11-12-13-14-15-16-17-18-19-20-21-22-23-24-25-26-27-28-29(30)31/h6-7,9-10,12-13H,2-5,8,11,14-28H2,1H3,(H,30,31). The fraction of sp³-hybridized carbons (Fsp3) is 0.759. The average molecular weight is 433 g/mol. The van der Waals surface area contributed by atoms with Crippen LogP contribution < -0.4 is 0 Å². The van der Waals surface area contributed by atoms with Crippen molar-refractivity contribution in [2.45, 2.75) is 142 Å². The lowest BCUT2D eigenvalue weighted by Crippen LogP contribution is -1.93. The van der Waals surface area contributed by atoms with E-state index in [9.17, 15) is 4.79 Å². The van der Waals surface area contributed by atoms with Gasteiger partial charge in [-0.25, -0.2) is 0 Å². The van der Waals surface area contributed by atoms with Gasteiger partial charge in [0.15, 0.2) is 0 Å². The molecule has 0 aromatic rings. The number of hydrogen-bond acceptors (Lipinski definition) is 1. The van der Waals surface area contributed by atoms with E-state index in [0.29, 0.717) is 6.42 Å². The third-order valence-electron chi connectivity index (χ3n) is 5.78. The van der Waals surface area contributed by atoms with Crippen molar-refractivity contribution < 1.29 is 9.90 Å². The van der Waals surface area contributed by atoms with Gasteiger partial charge < -0.3 is 5.11 Å². The van der Waals surface area contributed by atoms with Crippen LogP contribution in [0.15, 0.2) is 36.5 Å². The maximum atomic E-state index is 10.4. The second kappa shape index (κ2) is 26.7. The molecule has 180 valence electrons. The summed E-state index contributed by atoms with van der Waals surface area (Å²) in [4.78, 5) is 10.4. The van der Waals surface area contributed by atoms with Gasteiger partial charge in [-0.1, -0.05) is 127 Å². The summed E-state index contributed by atoms with van der Waals surface area (Å²) in [5.74, 6) is -0.656. The minimum Gasteiger partial charge on any atom is -0.481 e. The summed E-state index contributed by atoms with van der Waals surface area (Å²) in [6.07, 6.45) is 39.5. The van der Waals surface area contributed by atoms with Gasteiger partial charge in [-0.3, -0.25) is 4.79 Å². The predicted molar refractivity (Wildman–Crippen MR) is 138 cm³/mol. The van der Waals surface area contributed by atoms with Gasteiger partial charge >= 0.3 is 5.97 Å². The molecule has 0 spiro atoms. The zero-order valence-electron chi connectivity index (χ0n) is 20.7. The van der Waals surface area contributed by atoms with Crippen LogP contribution in [-0.4, -0.2) is 11.1 Å². The lowest BCUT2D eigenvalue weighted by atomic mass is 10.0. The van der Waals surface area contributed by atoms with Crippen LogP contribution in [0.5, 0.6) is 0 Å². The second-order valence-corrected chi connectivity index (χ2v) is 8.91. The molecule has 2 nitrogen and oxygen atoms in total. The highest BCUT2D eigenvalue weighted by Crippen LogP contribution is 2.13. The molecule has 0 radical (unpaired) electrons. The zero-order chi connectivity index (χ0) is 22.7. The van der Waals surface area contributed by atoms with Crippen LogP contribution in [0, 0.1) is 0 Å². The number of hydrogen-bond donors (Lipinski definition) is 1. The van der Waals surface area contributed by atoms with Gasteiger partial charge in [0, 0.05) is 6.42 Å². The van der Waals surface area contributed by atoms with Crippen molar-refractivity contribution in [1.82, 2.24) is 0 Å². The van der Waals surface area contributed by atoms with E-state index in [-0.39, 0.29) is 0 Å². The fourth-order valence-corrected chi connectivity index (χ4v) is 3.77. The molecule has 0 aromatic carbocycles. The molecule has 0 aromatic heterocycles. The van der Waals surface area contributed by atoms with Crippen LogP contribution in [0.3, 0.4) is 0 Å². The Morgan fingerprint density at radius 2 is 0.871 bits per heavy atom. The quantitative estimate of drug-likeness (QED) is 0.122. The number of carboxylic acids is 1. The zero-order valence-corrected chi connectivity index (χ0v) is 20.7. The molecular weight excluding hydrogens is 380 g/mol. The van der Waals surface area contributed by atoms with Crippen molar-refractivity contribution in [2.24, 2.45) is 0 Å². The van der Waals surface area contributed by atoms with E-state index >= 15 is 0 Å². The number of allylic oxidation sites excluding steroid dienone is 6. The summed E-state index contributed by atoms with van der Waals surface area (Å²) in [5, 5.41) is 8.59. The highest BCUT2D eigenvalue weighted by molar-refractivity contribution is 5.66. The third kappa shape index (κ3) is 28.7. The smallest absolute Gasteiger partial charge is 0.303 e. The first-order valence-electron chi connectivity index (χ1n) is 13.4. The third-order valence-corrected chi connectivity index (χ3v) is 5.78. The topological polar surface area (TPSA) is 37.3 Å². The Morgan fingerprint density at radius 1 is 0.516 bits per heavy atom. The van der Waals surface area contributed by atoms with Crippen molar-refractivity contribution in [1.29, 1.82) is 0 Å². The number of rotatable bonds is 24. The van der Waals surface area contributed by atoms with Gasteiger partial charge in [0.05, 0.1) is 0 Å². The number of aliphatic carboxylic acids is 1. The van der Waals surface area contributed by atoms with E-state index in [0.717, 1.165) is 25.7 Å². The molecule has 1 N–H and O–H groups in total. The van der Waals surface area contributed by atoms with Gasteiger partial charge in [0.25, 0.3) is 0 Å². The highest BCUT2D eigenvalue weighted by Gasteiger charge is 1.97. The van der Waals surface area contributed by atoms with Crippen LogP contribution >= 0.6 is 0 Å². The lowest BCUT2D eigenvalue weighted by Gasteiger charge is -2.03. The van der Waals surface area contributed by atoms with Gasteiger partial charge in [-0.05, 0) is 44.9 Å². The van der Waals surface area contributed by atoms with Crippen LogP contribution in [0.4, 0.5) is 0 Å². The second-order valence-electron chi connectivity index (χ2n) is 8.91. The Bertz CT molecular complexity index is 448. The molecular formula is C29H52O2. The Hall–Kier alpha value is -1.31. The van der Waals surface area contributed by atoms with Crippen molar-refractivity contribution in [3.8, 4) is 0 Å². The fourth-order valence-electron chi connectivity index (χ4n) is 3.77. The molecule has 0 rings (SSSR count). The Balaban J connectivity index is 3.19. The highest BCUT2D eigenvalue weighted by atomic mass is 16.4. The van der Waals surface area contributed by atoms with Gasteiger partial charge in [0.2, 0.25) is 0 Å². The monoisotopic (exact) mass is 432 g/mol. The molecule has 0 atom stereocenters. The normalized spacial score (nSPS) is 12.0. The molecule has 0 fully saturated rings. The summed E-state index contributed by atoms with van der Waals surface area (Å²) >= 11 is 0. The number of carboxylic acid groups (broad SMARTS) is 1. The molecule has 2 heteroatoms. The molecule has 0 aliphatic carbocycles. The molecule has 0 heterocycles. The van der Waals surface area contributed by atoms with Crippen LogP contribution in [0.1, 0.15) is 142 Å². The van der Waals surface area contributed by atoms with Gasteiger partial charge in [-0.2, -0.15) is 0 Å². The summed E-state index contributed by atoms with van der Waals surface area (Å²) in [6.45, 7) is 2.25. The predicted octanol–water partition coefficient (Wildman–Crippen LogP) is 9.95. The molecule has 31 heavy (non-hydrogen) atoms. The minimum atomic E-state index is -0.656. The van der Waals surface area contributed by atoms with Gasteiger partial charge in [0.1, 0.15) is 0 Å². The largest absolute Gasteiger partial charge is 0.481 e. The van der Waals surface area contributed by atoms with Crippen LogP contribution in [0.25, 0.3) is 0 Å². The van der Waals surface area contributed by atoms with E-state index in [1.54, 1.807) is 0 Å². The maximum absolute atomic E-state index is 10.4. The van der Waals surface area contributed by atoms with E-state index in [1.807, 2.05) is 0 Å². The number of carbonyl (C=O) groups is 1. The Kier molecular flexibility index (Phi) is 25.6. The lowest BCUT2D eigenvalue weighted by molar-refractivity contribution is -0.137. The van der Waals surface area contributed by atoms with Crippen molar-refractivity contribution >= 4 is 5.97 Å². The van der Waals surface area contributed by atoms with Crippen LogP contribution in [-0.2, 0) is 4.79 Å². The van der Waals surface area contributed by atoms with E-state index in [1.165, 1.54) is 103 Å². The summed E-state index contributed by atoms with van der Waals surface area (Å²) < 4.78 is 0. The van der Waals surface area contributed by atoms with E-state index < -0.39 is 5.97 Å². The molecule has 0 saturated carbocycles. The summed E-state index contributed by atoms with van der Waals surface area (Å²) in [6, 6.07) is 0. The SMILES string of the molecule is CCCCCC=CCC=CCC=CCCCCCCCCCCCCCCCC(=O)O. The Morgan fingerprint density at radius 3 is 1.29 bits per heavy atom. The Labute approximate surface area is 194 Å². The molecule has 0 amide bonds. The molecule has 0 unspecified atom stereocenters. The average Bonchev–Trinajstić information content (AvgIpc) is 2.76. The first-order chi connectivity index (χ1) is 15.3.